The van der Waals surface area contributed by atoms with Crippen LogP contribution in [-0.2, 0) is 4.74 Å². The van der Waals surface area contributed by atoms with Crippen molar-refractivity contribution in [3.05, 3.63) is 64.9 Å². The summed E-state index contributed by atoms with van der Waals surface area (Å²) in [6, 6.07) is 11.6. The van der Waals surface area contributed by atoms with Gasteiger partial charge in [0.2, 0.25) is 0 Å². The quantitative estimate of drug-likeness (QED) is 0.393. The van der Waals surface area contributed by atoms with Gasteiger partial charge in [-0.05, 0) is 43.7 Å². The Morgan fingerprint density at radius 1 is 1.12 bits per heavy atom. The summed E-state index contributed by atoms with van der Waals surface area (Å²) in [5, 5.41) is 0.348. The molecule has 3 rings (SSSR count). The van der Waals surface area contributed by atoms with Crippen molar-refractivity contribution < 1.29 is 28.3 Å². The summed E-state index contributed by atoms with van der Waals surface area (Å²) in [5.74, 6) is -1.08. The number of hydrogen-bond acceptors (Lipinski definition) is 6. The van der Waals surface area contributed by atoms with Gasteiger partial charge in [-0.25, -0.2) is 9.59 Å². The van der Waals surface area contributed by atoms with Gasteiger partial charge in [-0.1, -0.05) is 18.2 Å². The van der Waals surface area contributed by atoms with Crippen molar-refractivity contribution >= 4 is 29.2 Å². The third-order valence-electron chi connectivity index (χ3n) is 3.85. The standard InChI is InChI=1S/C20H16O6/c1-3-24-20(23)18-15-10-13(8-9-16(15)26-17(18)11-21)25-19(22)14-7-5-4-6-12(14)2/h4-11H,3H2,1-2H3. The van der Waals surface area contributed by atoms with Crippen LogP contribution in [0.1, 0.15) is 43.8 Å². The zero-order valence-electron chi connectivity index (χ0n) is 14.3. The Bertz CT molecular complexity index is 999. The van der Waals surface area contributed by atoms with Gasteiger partial charge in [0.05, 0.1) is 12.2 Å². The van der Waals surface area contributed by atoms with Crippen molar-refractivity contribution in [2.75, 3.05) is 6.61 Å². The molecule has 0 radical (unpaired) electrons. The molecule has 1 heterocycles. The first kappa shape index (κ1) is 17.4. The van der Waals surface area contributed by atoms with Gasteiger partial charge in [-0.15, -0.1) is 0 Å². The van der Waals surface area contributed by atoms with Gasteiger partial charge < -0.3 is 13.9 Å². The van der Waals surface area contributed by atoms with Crippen molar-refractivity contribution in [3.63, 3.8) is 0 Å². The normalized spacial score (nSPS) is 10.5. The SMILES string of the molecule is CCOC(=O)c1c(C=O)oc2ccc(OC(=O)c3ccccc3C)cc12. The van der Waals surface area contributed by atoms with Gasteiger partial charge >= 0.3 is 11.9 Å². The molecule has 0 unspecified atom stereocenters. The zero-order chi connectivity index (χ0) is 18.7. The number of esters is 2. The molecule has 1 aromatic heterocycles. The molecular formula is C20H16O6. The molecule has 26 heavy (non-hydrogen) atoms. The largest absolute Gasteiger partial charge is 0.462 e. The molecule has 6 nitrogen and oxygen atoms in total. The van der Waals surface area contributed by atoms with E-state index in [1.165, 1.54) is 18.2 Å². The fourth-order valence-electron chi connectivity index (χ4n) is 2.62. The Balaban J connectivity index is 1.99. The molecule has 0 atom stereocenters. The first-order valence-corrected chi connectivity index (χ1v) is 8.01. The van der Waals surface area contributed by atoms with Crippen LogP contribution in [0.2, 0.25) is 0 Å². The first-order chi connectivity index (χ1) is 12.5. The molecule has 0 saturated heterocycles. The summed E-state index contributed by atoms with van der Waals surface area (Å²) in [6.45, 7) is 3.63. The van der Waals surface area contributed by atoms with Crippen LogP contribution in [0.3, 0.4) is 0 Å². The number of fused-ring (bicyclic) bond motifs is 1. The Morgan fingerprint density at radius 3 is 2.58 bits per heavy atom. The molecular weight excluding hydrogens is 336 g/mol. The Labute approximate surface area is 149 Å². The van der Waals surface area contributed by atoms with E-state index in [1.54, 1.807) is 19.1 Å². The van der Waals surface area contributed by atoms with E-state index in [1.807, 2.05) is 19.1 Å². The van der Waals surface area contributed by atoms with Crippen LogP contribution in [0.4, 0.5) is 0 Å². The van der Waals surface area contributed by atoms with Crippen LogP contribution < -0.4 is 4.74 Å². The topological polar surface area (TPSA) is 82.8 Å². The Kier molecular flexibility index (Phi) is 4.84. The molecule has 0 saturated carbocycles. The highest BCUT2D eigenvalue weighted by atomic mass is 16.5. The number of aryl methyl sites for hydroxylation is 1. The number of carbonyl (C=O) groups is 3. The molecule has 0 N–H and O–H groups in total. The fraction of sp³-hybridized carbons (Fsp3) is 0.150. The minimum atomic E-state index is -0.671. The number of carbonyl (C=O) groups excluding carboxylic acids is 3. The molecule has 0 spiro atoms. The lowest BCUT2D eigenvalue weighted by Crippen LogP contribution is -2.10. The molecule has 0 aliphatic heterocycles. The van der Waals surface area contributed by atoms with Gasteiger partial charge in [0.1, 0.15) is 16.9 Å². The second-order valence-corrected chi connectivity index (χ2v) is 5.54. The maximum atomic E-state index is 12.4. The number of benzene rings is 2. The lowest BCUT2D eigenvalue weighted by Gasteiger charge is -2.07. The van der Waals surface area contributed by atoms with Crippen molar-refractivity contribution in [1.29, 1.82) is 0 Å². The van der Waals surface area contributed by atoms with E-state index in [0.29, 0.717) is 22.8 Å². The maximum absolute atomic E-state index is 12.4. The van der Waals surface area contributed by atoms with Crippen LogP contribution in [-0.4, -0.2) is 24.8 Å². The van der Waals surface area contributed by atoms with Crippen LogP contribution in [0, 0.1) is 6.92 Å². The summed E-state index contributed by atoms with van der Waals surface area (Å²) in [5.41, 5.74) is 1.58. The lowest BCUT2D eigenvalue weighted by atomic mass is 10.1. The second-order valence-electron chi connectivity index (χ2n) is 5.54. The number of hydrogen-bond donors (Lipinski definition) is 0. The van der Waals surface area contributed by atoms with E-state index in [9.17, 15) is 14.4 Å². The summed E-state index contributed by atoms with van der Waals surface area (Å²) in [6.07, 6.45) is 0.450. The zero-order valence-corrected chi connectivity index (χ0v) is 14.3. The van der Waals surface area contributed by atoms with Gasteiger partial charge in [-0.2, -0.15) is 0 Å². The third-order valence-corrected chi connectivity index (χ3v) is 3.85. The van der Waals surface area contributed by atoms with E-state index in [4.69, 9.17) is 13.9 Å². The Morgan fingerprint density at radius 2 is 1.88 bits per heavy atom. The molecule has 0 aliphatic rings. The number of rotatable bonds is 5. The molecule has 2 aromatic carbocycles. The van der Waals surface area contributed by atoms with Crippen LogP contribution in [0.5, 0.6) is 5.75 Å². The van der Waals surface area contributed by atoms with Crippen LogP contribution >= 0.6 is 0 Å². The maximum Gasteiger partial charge on any atom is 0.343 e. The van der Waals surface area contributed by atoms with E-state index >= 15 is 0 Å². The highest BCUT2D eigenvalue weighted by Gasteiger charge is 2.22. The molecule has 0 amide bonds. The molecule has 3 aromatic rings. The molecule has 0 bridgehead atoms. The Hall–Kier alpha value is -3.41. The summed E-state index contributed by atoms with van der Waals surface area (Å²) in [7, 11) is 0. The van der Waals surface area contributed by atoms with Gasteiger partial charge in [-0.3, -0.25) is 4.79 Å². The smallest absolute Gasteiger partial charge is 0.343 e. The van der Waals surface area contributed by atoms with Crippen molar-refractivity contribution in [3.8, 4) is 5.75 Å². The molecule has 0 aliphatic carbocycles. The average molecular weight is 352 g/mol. The van der Waals surface area contributed by atoms with Crippen LogP contribution in [0.25, 0.3) is 11.0 Å². The molecule has 0 fully saturated rings. The molecule has 6 heteroatoms. The predicted molar refractivity (Wildman–Crippen MR) is 93.7 cm³/mol. The molecule has 132 valence electrons. The minimum absolute atomic E-state index is 0.0191. The number of furan rings is 1. The minimum Gasteiger partial charge on any atom is -0.462 e. The van der Waals surface area contributed by atoms with E-state index in [2.05, 4.69) is 0 Å². The van der Waals surface area contributed by atoms with Crippen molar-refractivity contribution in [2.45, 2.75) is 13.8 Å². The van der Waals surface area contributed by atoms with Crippen LogP contribution in [0.15, 0.2) is 46.9 Å². The first-order valence-electron chi connectivity index (χ1n) is 8.01. The summed E-state index contributed by atoms with van der Waals surface area (Å²) < 4.78 is 15.8. The highest BCUT2D eigenvalue weighted by Crippen LogP contribution is 2.30. The van der Waals surface area contributed by atoms with E-state index < -0.39 is 11.9 Å². The highest BCUT2D eigenvalue weighted by molar-refractivity contribution is 6.09. The van der Waals surface area contributed by atoms with Gasteiger partial charge in [0.15, 0.2) is 12.0 Å². The van der Waals surface area contributed by atoms with Crippen molar-refractivity contribution in [1.82, 2.24) is 0 Å². The number of ether oxygens (including phenoxy) is 2. The van der Waals surface area contributed by atoms with Gasteiger partial charge in [0.25, 0.3) is 0 Å². The third kappa shape index (κ3) is 3.21. The van der Waals surface area contributed by atoms with E-state index in [-0.39, 0.29) is 23.7 Å². The van der Waals surface area contributed by atoms with E-state index in [0.717, 1.165) is 5.56 Å². The average Bonchev–Trinajstić information content (AvgIpc) is 3.00. The fourth-order valence-corrected chi connectivity index (χ4v) is 2.62. The lowest BCUT2D eigenvalue weighted by molar-refractivity contribution is 0.0524. The summed E-state index contributed by atoms with van der Waals surface area (Å²) >= 11 is 0. The van der Waals surface area contributed by atoms with Gasteiger partial charge in [0, 0.05) is 5.39 Å². The second kappa shape index (κ2) is 7.23. The summed E-state index contributed by atoms with van der Waals surface area (Å²) in [4.78, 5) is 35.7. The monoisotopic (exact) mass is 352 g/mol. The van der Waals surface area contributed by atoms with Crippen molar-refractivity contribution in [2.24, 2.45) is 0 Å². The number of aldehydes is 1. The predicted octanol–water partition coefficient (Wildman–Crippen LogP) is 3.95.